The predicted octanol–water partition coefficient (Wildman–Crippen LogP) is 5.46. The molecule has 0 bridgehead atoms. The molecule has 1 fully saturated rings. The van der Waals surface area contributed by atoms with Gasteiger partial charge in [-0.05, 0) is 69.2 Å². The van der Waals surface area contributed by atoms with E-state index in [2.05, 4.69) is 73.3 Å². The molecule has 1 heterocycles. The lowest BCUT2D eigenvalue weighted by Crippen LogP contribution is -2.58. The second kappa shape index (κ2) is 8.69. The molecule has 2 aromatic carbocycles. The first-order valence-corrected chi connectivity index (χ1v) is 11.5. The Labute approximate surface area is 171 Å². The lowest BCUT2D eigenvalue weighted by atomic mass is 9.94. The number of para-hydroxylation sites is 1. The van der Waals surface area contributed by atoms with Crippen molar-refractivity contribution in [2.24, 2.45) is 0 Å². The third-order valence-corrected chi connectivity index (χ3v) is 7.69. The van der Waals surface area contributed by atoms with E-state index >= 15 is 0 Å². The van der Waals surface area contributed by atoms with Gasteiger partial charge in [0.15, 0.2) is 0 Å². The van der Waals surface area contributed by atoms with Gasteiger partial charge in [-0.25, -0.2) is 0 Å². The largest absolute Gasteiger partial charge is 0.368 e. The molecule has 28 heavy (non-hydrogen) atoms. The topological polar surface area (TPSA) is 3.24 Å². The Morgan fingerprint density at radius 2 is 1.50 bits per heavy atom. The van der Waals surface area contributed by atoms with Gasteiger partial charge < -0.3 is 9.38 Å². The summed E-state index contributed by atoms with van der Waals surface area (Å²) in [6.45, 7) is 9.97. The predicted molar refractivity (Wildman–Crippen MR) is 120 cm³/mol. The van der Waals surface area contributed by atoms with E-state index in [1.54, 1.807) is 11.1 Å². The molecule has 0 aromatic heterocycles. The molecule has 0 N–H and O–H groups in total. The van der Waals surface area contributed by atoms with Crippen LogP contribution in [0.3, 0.4) is 0 Å². The number of piperidine rings is 1. The summed E-state index contributed by atoms with van der Waals surface area (Å²) in [6.07, 6.45) is 7.95. The minimum Gasteiger partial charge on any atom is -0.368 e. The Bertz CT molecular complexity index is 725. The molecule has 2 heteroatoms. The molecule has 1 atom stereocenters. The van der Waals surface area contributed by atoms with E-state index in [9.17, 15) is 0 Å². The second-order valence-corrected chi connectivity index (χ2v) is 8.87. The number of anilines is 1. The quantitative estimate of drug-likeness (QED) is 0.579. The highest BCUT2D eigenvalue weighted by Gasteiger charge is 2.37. The van der Waals surface area contributed by atoms with Crippen LogP contribution in [-0.4, -0.2) is 42.7 Å². The van der Waals surface area contributed by atoms with Crippen molar-refractivity contribution in [1.82, 2.24) is 0 Å². The van der Waals surface area contributed by atoms with Crippen molar-refractivity contribution in [2.45, 2.75) is 64.5 Å². The zero-order valence-electron chi connectivity index (χ0n) is 17.8. The molecule has 2 aromatic rings. The normalized spacial score (nSPS) is 21.4. The average Bonchev–Trinajstić information content (AvgIpc) is 3.19. The Morgan fingerprint density at radius 1 is 0.857 bits per heavy atom. The van der Waals surface area contributed by atoms with Crippen LogP contribution in [0, 0.1) is 0 Å². The van der Waals surface area contributed by atoms with Crippen molar-refractivity contribution in [3.63, 3.8) is 0 Å². The maximum atomic E-state index is 2.73. The Morgan fingerprint density at radius 3 is 2.14 bits per heavy atom. The standard InChI is InChI=1S/C26H37N2/c1-3-28(4-2)19-11-10-16-26(28)17-18-27(24-14-6-5-7-15-24)25-20-22-12-8-9-13-23(22)21-25/h5-9,12-15,25-26H,3-4,10-11,16-21H2,1-2H3/q+1/t26-/m0/s1. The highest BCUT2D eigenvalue weighted by atomic mass is 15.4. The molecule has 0 radical (unpaired) electrons. The summed E-state index contributed by atoms with van der Waals surface area (Å²) in [5.41, 5.74) is 4.51. The van der Waals surface area contributed by atoms with E-state index in [1.807, 2.05) is 0 Å². The van der Waals surface area contributed by atoms with Gasteiger partial charge in [0.25, 0.3) is 0 Å². The van der Waals surface area contributed by atoms with Crippen molar-refractivity contribution >= 4 is 5.69 Å². The number of nitrogens with zero attached hydrogens (tertiary/aromatic N) is 2. The van der Waals surface area contributed by atoms with Crippen LogP contribution in [-0.2, 0) is 12.8 Å². The van der Waals surface area contributed by atoms with Gasteiger partial charge in [0, 0.05) is 24.7 Å². The first-order valence-electron chi connectivity index (χ1n) is 11.5. The van der Waals surface area contributed by atoms with Crippen molar-refractivity contribution < 1.29 is 4.48 Å². The molecule has 1 aliphatic carbocycles. The Hall–Kier alpha value is -1.80. The highest BCUT2D eigenvalue weighted by molar-refractivity contribution is 5.49. The molecule has 0 saturated carbocycles. The Kier molecular flexibility index (Phi) is 6.06. The molecule has 2 nitrogen and oxygen atoms in total. The zero-order valence-corrected chi connectivity index (χ0v) is 17.8. The number of rotatable bonds is 7. The van der Waals surface area contributed by atoms with E-state index in [0.29, 0.717) is 6.04 Å². The summed E-state index contributed by atoms with van der Waals surface area (Å²) in [6, 6.07) is 21.7. The van der Waals surface area contributed by atoms with Gasteiger partial charge in [0.05, 0.1) is 25.7 Å². The number of hydrogen-bond donors (Lipinski definition) is 0. The molecule has 1 saturated heterocycles. The van der Waals surface area contributed by atoms with Gasteiger partial charge in [-0.2, -0.15) is 0 Å². The molecule has 2 aliphatic rings. The lowest BCUT2D eigenvalue weighted by Gasteiger charge is -2.47. The van der Waals surface area contributed by atoms with Gasteiger partial charge in [-0.1, -0.05) is 42.5 Å². The number of fused-ring (bicyclic) bond motifs is 1. The van der Waals surface area contributed by atoms with Crippen LogP contribution < -0.4 is 4.90 Å². The van der Waals surface area contributed by atoms with Crippen molar-refractivity contribution in [3.05, 3.63) is 65.7 Å². The van der Waals surface area contributed by atoms with E-state index < -0.39 is 0 Å². The second-order valence-electron chi connectivity index (χ2n) is 8.87. The number of likely N-dealkylation sites (tertiary alicyclic amines) is 1. The minimum atomic E-state index is 0.605. The fourth-order valence-corrected chi connectivity index (χ4v) is 5.92. The smallest absolute Gasteiger partial charge is 0.0907 e. The first-order chi connectivity index (χ1) is 13.8. The van der Waals surface area contributed by atoms with Gasteiger partial charge >= 0.3 is 0 Å². The van der Waals surface area contributed by atoms with Crippen molar-refractivity contribution in [2.75, 3.05) is 31.1 Å². The van der Waals surface area contributed by atoms with E-state index in [1.165, 1.54) is 74.9 Å². The lowest BCUT2D eigenvalue weighted by molar-refractivity contribution is -0.953. The van der Waals surface area contributed by atoms with Crippen LogP contribution in [0.4, 0.5) is 5.69 Å². The monoisotopic (exact) mass is 377 g/mol. The van der Waals surface area contributed by atoms with Gasteiger partial charge in [0.1, 0.15) is 0 Å². The minimum absolute atomic E-state index is 0.605. The fraction of sp³-hybridized carbons (Fsp3) is 0.538. The summed E-state index contributed by atoms with van der Waals surface area (Å²) >= 11 is 0. The van der Waals surface area contributed by atoms with Crippen LogP contribution in [0.2, 0.25) is 0 Å². The van der Waals surface area contributed by atoms with Gasteiger partial charge in [0.2, 0.25) is 0 Å². The summed E-state index contributed by atoms with van der Waals surface area (Å²) in [5, 5.41) is 0. The van der Waals surface area contributed by atoms with Crippen LogP contribution in [0.25, 0.3) is 0 Å². The highest BCUT2D eigenvalue weighted by Crippen LogP contribution is 2.32. The molecule has 0 spiro atoms. The molecule has 4 rings (SSSR count). The van der Waals surface area contributed by atoms with Crippen molar-refractivity contribution in [1.29, 1.82) is 0 Å². The number of quaternary nitrogens is 1. The molecular formula is C26H37N2+. The summed E-state index contributed by atoms with van der Waals surface area (Å²) in [5.74, 6) is 0. The number of hydrogen-bond acceptors (Lipinski definition) is 1. The first kappa shape index (κ1) is 19.5. The third-order valence-electron chi connectivity index (χ3n) is 7.69. The fourth-order valence-electron chi connectivity index (χ4n) is 5.92. The third kappa shape index (κ3) is 3.85. The van der Waals surface area contributed by atoms with Crippen LogP contribution in [0.1, 0.15) is 50.7 Å². The summed E-state index contributed by atoms with van der Waals surface area (Å²) in [4.78, 5) is 2.73. The Balaban J connectivity index is 1.52. The zero-order chi connectivity index (χ0) is 19.4. The van der Waals surface area contributed by atoms with E-state index in [-0.39, 0.29) is 0 Å². The molecule has 150 valence electrons. The summed E-state index contributed by atoms with van der Waals surface area (Å²) in [7, 11) is 0. The average molecular weight is 378 g/mol. The summed E-state index contributed by atoms with van der Waals surface area (Å²) < 4.78 is 1.34. The molecule has 0 amide bonds. The van der Waals surface area contributed by atoms with E-state index in [4.69, 9.17) is 0 Å². The number of benzene rings is 2. The van der Waals surface area contributed by atoms with Crippen LogP contribution >= 0.6 is 0 Å². The van der Waals surface area contributed by atoms with E-state index in [0.717, 1.165) is 6.04 Å². The molecule has 0 unspecified atom stereocenters. The molecule has 1 aliphatic heterocycles. The maximum absolute atomic E-state index is 2.73. The van der Waals surface area contributed by atoms with Crippen LogP contribution in [0.15, 0.2) is 54.6 Å². The van der Waals surface area contributed by atoms with Crippen molar-refractivity contribution in [3.8, 4) is 0 Å². The maximum Gasteiger partial charge on any atom is 0.0907 e. The molecular weight excluding hydrogens is 340 g/mol. The van der Waals surface area contributed by atoms with Gasteiger partial charge in [-0.3, -0.25) is 0 Å². The van der Waals surface area contributed by atoms with Crippen LogP contribution in [0.5, 0.6) is 0 Å². The van der Waals surface area contributed by atoms with Gasteiger partial charge in [-0.15, -0.1) is 0 Å². The SMILES string of the molecule is CC[N+]1(CC)CCCC[C@H]1CCN(c1ccccc1)C1Cc2ccccc2C1.